The smallest absolute Gasteiger partial charge is 0.193 e. The fourth-order valence-corrected chi connectivity index (χ4v) is 2.26. The molecule has 0 fully saturated rings. The van der Waals surface area contributed by atoms with E-state index in [1.807, 2.05) is 12.1 Å². The van der Waals surface area contributed by atoms with Gasteiger partial charge in [0.05, 0.1) is 12.1 Å². The lowest BCUT2D eigenvalue weighted by atomic mass is 10.0. The zero-order chi connectivity index (χ0) is 13.1. The number of halogens is 2. The highest BCUT2D eigenvalue weighted by atomic mass is 79.9. The van der Waals surface area contributed by atoms with Crippen molar-refractivity contribution in [1.82, 2.24) is 0 Å². The van der Waals surface area contributed by atoms with Gasteiger partial charge in [-0.2, -0.15) is 0 Å². The van der Waals surface area contributed by atoms with E-state index < -0.39 is 0 Å². The van der Waals surface area contributed by atoms with Crippen LogP contribution >= 0.6 is 27.5 Å². The third-order valence-corrected chi connectivity index (χ3v) is 3.29. The third kappa shape index (κ3) is 2.74. The van der Waals surface area contributed by atoms with Crippen LogP contribution in [0.25, 0.3) is 0 Å². The van der Waals surface area contributed by atoms with Crippen molar-refractivity contribution in [3.63, 3.8) is 0 Å². The third-order valence-electron chi connectivity index (χ3n) is 2.50. The molecule has 0 N–H and O–H groups in total. The summed E-state index contributed by atoms with van der Waals surface area (Å²) in [6, 6.07) is 12.2. The van der Waals surface area contributed by atoms with E-state index in [1.165, 1.54) is 7.11 Å². The SMILES string of the molecule is COc1ccc(C(=O)c2cccc(Br)c2)cc1Cl. The molecule has 0 spiro atoms. The molecule has 0 aliphatic carbocycles. The van der Waals surface area contributed by atoms with Crippen LogP contribution in [0.4, 0.5) is 0 Å². The number of carbonyl (C=O) groups excluding carboxylic acids is 1. The van der Waals surface area contributed by atoms with Gasteiger partial charge in [-0.3, -0.25) is 4.79 Å². The molecule has 0 atom stereocenters. The van der Waals surface area contributed by atoms with Crippen molar-refractivity contribution in [3.8, 4) is 5.75 Å². The van der Waals surface area contributed by atoms with Gasteiger partial charge in [0.1, 0.15) is 5.75 Å². The number of ether oxygens (including phenoxy) is 1. The van der Waals surface area contributed by atoms with Gasteiger partial charge >= 0.3 is 0 Å². The van der Waals surface area contributed by atoms with E-state index in [1.54, 1.807) is 30.3 Å². The Labute approximate surface area is 119 Å². The second-order valence-electron chi connectivity index (χ2n) is 3.69. The molecule has 0 amide bonds. The fourth-order valence-electron chi connectivity index (χ4n) is 1.60. The van der Waals surface area contributed by atoms with Crippen molar-refractivity contribution < 1.29 is 9.53 Å². The summed E-state index contributed by atoms with van der Waals surface area (Å²) in [5.41, 5.74) is 1.16. The van der Waals surface area contributed by atoms with Crippen molar-refractivity contribution in [2.24, 2.45) is 0 Å². The van der Waals surface area contributed by atoms with Gasteiger partial charge in [0, 0.05) is 15.6 Å². The fraction of sp³-hybridized carbons (Fsp3) is 0.0714. The van der Waals surface area contributed by atoms with Gasteiger partial charge in [-0.05, 0) is 30.3 Å². The minimum absolute atomic E-state index is 0.0687. The first-order valence-corrected chi connectivity index (χ1v) is 6.42. The Kier molecular flexibility index (Phi) is 4.04. The number of hydrogen-bond donors (Lipinski definition) is 0. The Morgan fingerprint density at radius 2 is 1.89 bits per heavy atom. The molecule has 0 aromatic heterocycles. The molecule has 0 bridgehead atoms. The number of hydrogen-bond acceptors (Lipinski definition) is 2. The van der Waals surface area contributed by atoms with Gasteiger partial charge < -0.3 is 4.74 Å². The molecule has 2 aromatic rings. The zero-order valence-electron chi connectivity index (χ0n) is 9.61. The Hall–Kier alpha value is -1.32. The summed E-state index contributed by atoms with van der Waals surface area (Å²) in [6.07, 6.45) is 0. The first-order valence-electron chi connectivity index (χ1n) is 5.25. The maximum atomic E-state index is 12.2. The van der Waals surface area contributed by atoms with Gasteiger partial charge in [-0.1, -0.05) is 39.7 Å². The molecule has 2 rings (SSSR count). The summed E-state index contributed by atoms with van der Waals surface area (Å²) in [6.45, 7) is 0. The molecule has 0 saturated carbocycles. The van der Waals surface area contributed by atoms with Gasteiger partial charge in [0.15, 0.2) is 5.78 Å². The van der Waals surface area contributed by atoms with Crippen LogP contribution in [-0.2, 0) is 0 Å². The normalized spacial score (nSPS) is 10.2. The quantitative estimate of drug-likeness (QED) is 0.785. The predicted octanol–water partition coefficient (Wildman–Crippen LogP) is 4.34. The molecule has 4 heteroatoms. The highest BCUT2D eigenvalue weighted by Gasteiger charge is 2.11. The van der Waals surface area contributed by atoms with E-state index in [-0.39, 0.29) is 5.78 Å². The largest absolute Gasteiger partial charge is 0.495 e. The maximum absolute atomic E-state index is 12.2. The lowest BCUT2D eigenvalue weighted by molar-refractivity contribution is 0.103. The molecule has 0 heterocycles. The average Bonchev–Trinajstić information content (AvgIpc) is 2.37. The number of rotatable bonds is 3. The van der Waals surface area contributed by atoms with E-state index in [4.69, 9.17) is 16.3 Å². The van der Waals surface area contributed by atoms with Crippen LogP contribution < -0.4 is 4.74 Å². The Morgan fingerprint density at radius 3 is 2.50 bits per heavy atom. The van der Waals surface area contributed by atoms with Crippen molar-refractivity contribution in [2.75, 3.05) is 7.11 Å². The Balaban J connectivity index is 2.37. The van der Waals surface area contributed by atoms with Gasteiger partial charge in [0.25, 0.3) is 0 Å². The minimum atomic E-state index is -0.0687. The monoisotopic (exact) mass is 324 g/mol. The maximum Gasteiger partial charge on any atom is 0.193 e. The number of ketones is 1. The van der Waals surface area contributed by atoms with Gasteiger partial charge in [-0.25, -0.2) is 0 Å². The van der Waals surface area contributed by atoms with Crippen LogP contribution in [0.2, 0.25) is 5.02 Å². The van der Waals surface area contributed by atoms with Gasteiger partial charge in [0.2, 0.25) is 0 Å². The average molecular weight is 326 g/mol. The highest BCUT2D eigenvalue weighted by Crippen LogP contribution is 2.26. The van der Waals surface area contributed by atoms with Crippen molar-refractivity contribution in [1.29, 1.82) is 0 Å². The molecule has 0 aliphatic rings. The molecule has 0 radical (unpaired) electrons. The van der Waals surface area contributed by atoms with Crippen LogP contribution in [0.5, 0.6) is 5.75 Å². The number of carbonyl (C=O) groups is 1. The second kappa shape index (κ2) is 5.55. The molecule has 18 heavy (non-hydrogen) atoms. The summed E-state index contributed by atoms with van der Waals surface area (Å²) in [5.74, 6) is 0.489. The molecule has 92 valence electrons. The number of benzene rings is 2. The van der Waals surface area contributed by atoms with Crippen molar-refractivity contribution in [2.45, 2.75) is 0 Å². The van der Waals surface area contributed by atoms with Crippen molar-refractivity contribution in [3.05, 3.63) is 63.1 Å². The Morgan fingerprint density at radius 1 is 1.17 bits per heavy atom. The first-order chi connectivity index (χ1) is 8.61. The lowest BCUT2D eigenvalue weighted by Gasteiger charge is -2.06. The lowest BCUT2D eigenvalue weighted by Crippen LogP contribution is -2.01. The summed E-state index contributed by atoms with van der Waals surface area (Å²) in [7, 11) is 1.54. The topological polar surface area (TPSA) is 26.3 Å². The molecular formula is C14H10BrClO2. The van der Waals surface area contributed by atoms with Crippen LogP contribution in [0.15, 0.2) is 46.9 Å². The van der Waals surface area contributed by atoms with E-state index in [0.717, 1.165) is 4.47 Å². The predicted molar refractivity (Wildman–Crippen MR) is 75.6 cm³/mol. The van der Waals surface area contributed by atoms with E-state index in [0.29, 0.717) is 21.9 Å². The summed E-state index contributed by atoms with van der Waals surface area (Å²) >= 11 is 9.35. The summed E-state index contributed by atoms with van der Waals surface area (Å²) in [5, 5.41) is 0.429. The minimum Gasteiger partial charge on any atom is -0.495 e. The highest BCUT2D eigenvalue weighted by molar-refractivity contribution is 9.10. The van der Waals surface area contributed by atoms with Gasteiger partial charge in [-0.15, -0.1) is 0 Å². The second-order valence-corrected chi connectivity index (χ2v) is 5.01. The van der Waals surface area contributed by atoms with Crippen LogP contribution in [-0.4, -0.2) is 12.9 Å². The Bertz CT molecular complexity index is 596. The molecular weight excluding hydrogens is 316 g/mol. The zero-order valence-corrected chi connectivity index (χ0v) is 12.0. The molecule has 0 unspecified atom stereocenters. The molecule has 2 nitrogen and oxygen atoms in total. The van der Waals surface area contributed by atoms with Crippen LogP contribution in [0, 0.1) is 0 Å². The van der Waals surface area contributed by atoms with E-state index in [9.17, 15) is 4.79 Å². The number of methoxy groups -OCH3 is 1. The summed E-state index contributed by atoms with van der Waals surface area (Å²) < 4.78 is 5.92. The van der Waals surface area contributed by atoms with Crippen LogP contribution in [0.3, 0.4) is 0 Å². The molecule has 0 aliphatic heterocycles. The summed E-state index contributed by atoms with van der Waals surface area (Å²) in [4.78, 5) is 12.2. The van der Waals surface area contributed by atoms with E-state index >= 15 is 0 Å². The van der Waals surface area contributed by atoms with Crippen molar-refractivity contribution >= 4 is 33.3 Å². The molecule has 2 aromatic carbocycles. The standard InChI is InChI=1S/C14H10BrClO2/c1-18-13-6-5-10(8-12(13)16)14(17)9-3-2-4-11(15)7-9/h2-8H,1H3. The van der Waals surface area contributed by atoms with Crippen LogP contribution in [0.1, 0.15) is 15.9 Å². The first kappa shape index (κ1) is 13.1. The molecule has 0 saturated heterocycles. The van der Waals surface area contributed by atoms with E-state index in [2.05, 4.69) is 15.9 Å².